The molecule has 2 N–H and O–H groups in total. The summed E-state index contributed by atoms with van der Waals surface area (Å²) in [5, 5.41) is 9.59. The Kier molecular flexibility index (Phi) is 5.57. The second-order valence-corrected chi connectivity index (χ2v) is 6.99. The van der Waals surface area contributed by atoms with E-state index in [2.05, 4.69) is 10.6 Å². The van der Waals surface area contributed by atoms with Gasteiger partial charge in [-0.2, -0.15) is 0 Å². The summed E-state index contributed by atoms with van der Waals surface area (Å²) in [5.74, 6) is -0.140. The van der Waals surface area contributed by atoms with Crippen LogP contribution in [-0.2, 0) is 4.79 Å². The van der Waals surface area contributed by atoms with E-state index >= 15 is 0 Å². The van der Waals surface area contributed by atoms with Crippen molar-refractivity contribution in [3.63, 3.8) is 0 Å². The zero-order valence-electron chi connectivity index (χ0n) is 12.7. The van der Waals surface area contributed by atoms with Gasteiger partial charge in [0.1, 0.15) is 6.04 Å². The van der Waals surface area contributed by atoms with Gasteiger partial charge in [-0.15, -0.1) is 22.7 Å². The minimum absolute atomic E-state index is 0.140. The number of carbonyl (C=O) groups is 2. The van der Waals surface area contributed by atoms with Gasteiger partial charge in [0, 0.05) is 23.8 Å². The van der Waals surface area contributed by atoms with Crippen LogP contribution in [0.3, 0.4) is 0 Å². The molecule has 2 heterocycles. The molecule has 0 spiro atoms. The highest BCUT2D eigenvalue weighted by molar-refractivity contribution is 7.11. The first-order chi connectivity index (χ1) is 10.5. The molecular weight excluding hydrogens is 318 g/mol. The van der Waals surface area contributed by atoms with Crippen molar-refractivity contribution in [2.24, 2.45) is 0 Å². The van der Waals surface area contributed by atoms with Gasteiger partial charge < -0.3 is 15.5 Å². The molecule has 0 saturated heterocycles. The van der Waals surface area contributed by atoms with Crippen LogP contribution in [0.15, 0.2) is 35.0 Å². The van der Waals surface area contributed by atoms with E-state index in [1.807, 2.05) is 35.0 Å². The minimum atomic E-state index is -0.567. The third-order valence-corrected chi connectivity index (χ3v) is 4.96. The van der Waals surface area contributed by atoms with E-state index < -0.39 is 6.04 Å². The molecule has 0 unspecified atom stereocenters. The van der Waals surface area contributed by atoms with Crippen LogP contribution in [0.2, 0.25) is 0 Å². The summed E-state index contributed by atoms with van der Waals surface area (Å²) < 4.78 is 0. The zero-order valence-corrected chi connectivity index (χ0v) is 14.3. The molecule has 22 heavy (non-hydrogen) atoms. The molecule has 2 aromatic heterocycles. The first-order valence-corrected chi connectivity index (χ1v) is 8.60. The molecule has 5 nitrogen and oxygen atoms in total. The van der Waals surface area contributed by atoms with Crippen LogP contribution in [0.5, 0.6) is 0 Å². The summed E-state index contributed by atoms with van der Waals surface area (Å²) in [5.41, 5.74) is 0. The number of thiophene rings is 2. The Bertz CT molecular complexity index is 575. The van der Waals surface area contributed by atoms with E-state index in [9.17, 15) is 9.59 Å². The number of nitrogens with zero attached hydrogens (tertiary/aromatic N) is 1. The summed E-state index contributed by atoms with van der Waals surface area (Å²) in [6.45, 7) is 1.67. The van der Waals surface area contributed by atoms with Crippen molar-refractivity contribution in [2.45, 2.75) is 19.0 Å². The Morgan fingerprint density at radius 1 is 1.05 bits per heavy atom. The summed E-state index contributed by atoms with van der Waals surface area (Å²) in [7, 11) is 3.33. The first-order valence-electron chi connectivity index (χ1n) is 6.84. The average Bonchev–Trinajstić information content (AvgIpc) is 3.16. The molecule has 0 saturated carbocycles. The lowest BCUT2D eigenvalue weighted by atomic mass is 10.2. The summed E-state index contributed by atoms with van der Waals surface area (Å²) >= 11 is 3.18. The fourth-order valence-electron chi connectivity index (χ4n) is 2.01. The number of rotatable bonds is 5. The standard InChI is InChI=1S/C15H19N3O2S2/c1-10(14(19)18(2)3)16-15(20)17-13(11-6-4-8-21-11)12-7-5-9-22-12/h4-10,13H,1-3H3,(H2,16,17,20)/t10-/m0/s1. The maximum Gasteiger partial charge on any atom is 0.316 e. The molecule has 7 heteroatoms. The van der Waals surface area contributed by atoms with Crippen LogP contribution in [0, 0.1) is 0 Å². The number of nitrogens with one attached hydrogen (secondary N) is 2. The monoisotopic (exact) mass is 337 g/mol. The van der Waals surface area contributed by atoms with Gasteiger partial charge in [0.2, 0.25) is 5.91 Å². The van der Waals surface area contributed by atoms with Gasteiger partial charge in [0.05, 0.1) is 6.04 Å². The van der Waals surface area contributed by atoms with E-state index in [-0.39, 0.29) is 18.0 Å². The predicted octanol–water partition coefficient (Wildman–Crippen LogP) is 2.67. The Labute approximate surface area is 138 Å². The van der Waals surface area contributed by atoms with Crippen LogP contribution in [-0.4, -0.2) is 37.0 Å². The van der Waals surface area contributed by atoms with Crippen molar-refractivity contribution in [2.75, 3.05) is 14.1 Å². The lowest BCUT2D eigenvalue weighted by Crippen LogP contribution is -2.48. The van der Waals surface area contributed by atoms with E-state index in [1.165, 1.54) is 4.90 Å². The van der Waals surface area contributed by atoms with Crippen LogP contribution < -0.4 is 10.6 Å². The van der Waals surface area contributed by atoms with Crippen LogP contribution in [0.25, 0.3) is 0 Å². The lowest BCUT2D eigenvalue weighted by Gasteiger charge is -2.21. The van der Waals surface area contributed by atoms with E-state index in [0.717, 1.165) is 9.75 Å². The largest absolute Gasteiger partial charge is 0.347 e. The lowest BCUT2D eigenvalue weighted by molar-refractivity contribution is -0.130. The number of urea groups is 1. The van der Waals surface area contributed by atoms with Gasteiger partial charge in [-0.05, 0) is 29.8 Å². The van der Waals surface area contributed by atoms with Gasteiger partial charge in [0.25, 0.3) is 0 Å². The molecule has 0 aliphatic carbocycles. The maximum atomic E-state index is 12.2. The van der Waals surface area contributed by atoms with Gasteiger partial charge in [-0.1, -0.05) is 12.1 Å². The van der Waals surface area contributed by atoms with Crippen LogP contribution in [0.4, 0.5) is 4.79 Å². The summed E-state index contributed by atoms with van der Waals surface area (Å²) in [4.78, 5) is 27.6. The summed E-state index contributed by atoms with van der Waals surface area (Å²) in [6.07, 6.45) is 0. The second kappa shape index (κ2) is 7.42. The topological polar surface area (TPSA) is 61.4 Å². The minimum Gasteiger partial charge on any atom is -0.347 e. The van der Waals surface area contributed by atoms with Crippen molar-refractivity contribution in [3.05, 3.63) is 44.8 Å². The highest BCUT2D eigenvalue weighted by Gasteiger charge is 2.22. The maximum absolute atomic E-state index is 12.2. The Morgan fingerprint density at radius 3 is 2.00 bits per heavy atom. The zero-order chi connectivity index (χ0) is 16.1. The molecule has 0 aromatic carbocycles. The molecular formula is C15H19N3O2S2. The average molecular weight is 337 g/mol. The van der Waals surface area contributed by atoms with Crippen molar-refractivity contribution < 1.29 is 9.59 Å². The van der Waals surface area contributed by atoms with Gasteiger partial charge in [0.15, 0.2) is 0 Å². The fraction of sp³-hybridized carbons (Fsp3) is 0.333. The molecule has 0 bridgehead atoms. The fourth-order valence-corrected chi connectivity index (χ4v) is 3.67. The second-order valence-electron chi connectivity index (χ2n) is 5.04. The first kappa shape index (κ1) is 16.5. The van der Waals surface area contributed by atoms with E-state index in [0.29, 0.717) is 0 Å². The van der Waals surface area contributed by atoms with Crippen LogP contribution in [0.1, 0.15) is 22.7 Å². The quantitative estimate of drug-likeness (QED) is 0.881. The Balaban J connectivity index is 2.05. The van der Waals surface area contributed by atoms with Crippen molar-refractivity contribution in [3.8, 4) is 0 Å². The molecule has 2 aromatic rings. The van der Waals surface area contributed by atoms with Gasteiger partial charge in [-0.25, -0.2) is 4.79 Å². The highest BCUT2D eigenvalue weighted by atomic mass is 32.1. The van der Waals surface area contributed by atoms with Gasteiger partial charge >= 0.3 is 6.03 Å². The molecule has 2 rings (SSSR count). The van der Waals surface area contributed by atoms with Crippen molar-refractivity contribution in [1.82, 2.24) is 15.5 Å². The molecule has 0 aliphatic heterocycles. The van der Waals surface area contributed by atoms with Crippen LogP contribution >= 0.6 is 22.7 Å². The third kappa shape index (κ3) is 4.08. The molecule has 3 amide bonds. The van der Waals surface area contributed by atoms with Crippen molar-refractivity contribution >= 4 is 34.6 Å². The van der Waals surface area contributed by atoms with Gasteiger partial charge in [-0.3, -0.25) is 4.79 Å². The Morgan fingerprint density at radius 2 is 1.59 bits per heavy atom. The molecule has 118 valence electrons. The van der Waals surface area contributed by atoms with Crippen molar-refractivity contribution in [1.29, 1.82) is 0 Å². The SMILES string of the molecule is C[C@H](NC(=O)NC(c1cccs1)c1cccs1)C(=O)N(C)C. The smallest absolute Gasteiger partial charge is 0.316 e. The number of hydrogen-bond acceptors (Lipinski definition) is 4. The Hall–Kier alpha value is -1.86. The number of likely N-dealkylation sites (N-methyl/N-ethyl adjacent to an activating group) is 1. The predicted molar refractivity (Wildman–Crippen MR) is 90.3 cm³/mol. The highest BCUT2D eigenvalue weighted by Crippen LogP contribution is 2.28. The normalized spacial score (nSPS) is 12.0. The van der Waals surface area contributed by atoms with E-state index in [1.54, 1.807) is 43.7 Å². The number of hydrogen-bond donors (Lipinski definition) is 2. The molecule has 0 fully saturated rings. The van der Waals surface area contributed by atoms with E-state index in [4.69, 9.17) is 0 Å². The third-order valence-electron chi connectivity index (χ3n) is 3.09. The molecule has 0 aliphatic rings. The number of amides is 3. The summed E-state index contributed by atoms with van der Waals surface area (Å²) in [6, 6.07) is 6.78. The number of carbonyl (C=O) groups excluding carboxylic acids is 2. The molecule has 1 atom stereocenters. The molecule has 0 radical (unpaired) electrons.